The number of rotatable bonds is 3. The molecule has 1 aliphatic heterocycles. The van der Waals surface area contributed by atoms with Gasteiger partial charge in [-0.25, -0.2) is 0 Å². The molecule has 0 amide bonds. The van der Waals surface area contributed by atoms with Crippen LogP contribution in [0.2, 0.25) is 0 Å². The predicted octanol–water partition coefficient (Wildman–Crippen LogP) is -0.620. The molecule has 7 nitrogen and oxygen atoms in total. The smallest absolute Gasteiger partial charge is 0.344 e. The van der Waals surface area contributed by atoms with E-state index in [-0.39, 0.29) is 11.9 Å². The topological polar surface area (TPSA) is 102 Å². The molecule has 1 aliphatic rings. The summed E-state index contributed by atoms with van der Waals surface area (Å²) in [6.45, 7) is 0. The second kappa shape index (κ2) is 4.84. The fourth-order valence-corrected chi connectivity index (χ4v) is 1.22. The lowest BCUT2D eigenvalue weighted by Crippen LogP contribution is -2.25. The summed E-state index contributed by atoms with van der Waals surface area (Å²) in [7, 11) is 1.57. The fraction of sp³-hybridized carbons (Fsp3) is 0.111. The van der Waals surface area contributed by atoms with Gasteiger partial charge in [-0.1, -0.05) is 10.9 Å². The highest BCUT2D eigenvalue weighted by atomic mass is 16.5. The van der Waals surface area contributed by atoms with Crippen LogP contribution < -0.4 is 26.7 Å². The van der Waals surface area contributed by atoms with E-state index < -0.39 is 0 Å². The molecule has 0 N–H and O–H groups in total. The Morgan fingerprint density at radius 2 is 1.81 bits per heavy atom. The summed E-state index contributed by atoms with van der Waals surface area (Å²) in [5.74, 6) is 0.709. The molecule has 0 aliphatic carbocycles. The Bertz CT molecular complexity index is 405. The van der Waals surface area contributed by atoms with Gasteiger partial charge < -0.3 is 10.3 Å². The van der Waals surface area contributed by atoms with Crippen LogP contribution in [0.1, 0.15) is 5.56 Å². The van der Waals surface area contributed by atoms with Gasteiger partial charge in [-0.15, -0.1) is 0 Å². The molecule has 1 fully saturated rings. The van der Waals surface area contributed by atoms with Crippen LogP contribution in [0.3, 0.4) is 0 Å². The van der Waals surface area contributed by atoms with Gasteiger partial charge in [-0.05, 0) is 35.3 Å². The zero-order valence-corrected chi connectivity index (χ0v) is 8.40. The van der Waals surface area contributed by atoms with Gasteiger partial charge in [0.2, 0.25) is 0 Å². The van der Waals surface area contributed by atoms with Crippen LogP contribution in [-0.4, -0.2) is 17.6 Å². The van der Waals surface area contributed by atoms with Crippen LogP contribution in [0.25, 0.3) is 5.53 Å². The van der Waals surface area contributed by atoms with Crippen LogP contribution in [0.4, 0.5) is 0 Å². The Labute approximate surface area is 92.3 Å². The van der Waals surface area contributed by atoms with Crippen molar-refractivity contribution in [1.82, 2.24) is 21.9 Å². The molecule has 1 aromatic rings. The molecule has 0 bridgehead atoms. The van der Waals surface area contributed by atoms with Crippen molar-refractivity contribution in [2.75, 3.05) is 7.11 Å². The van der Waals surface area contributed by atoms with Gasteiger partial charge in [0.1, 0.15) is 5.75 Å². The first kappa shape index (κ1) is 10.7. The standard InChI is InChI=1S/C9H7N6O/c1-16-7-4-2-6(3-5-7)8(11-10)9-12-14-15-13-9/h2-5H,1H3. The van der Waals surface area contributed by atoms with Crippen molar-refractivity contribution in [3.05, 3.63) is 41.5 Å². The fourth-order valence-electron chi connectivity index (χ4n) is 1.22. The SMILES string of the molecule is COc1ccc(C(=[N+]=[N-])[C]2[N][N][N][N]2)cc1. The zero-order valence-electron chi connectivity index (χ0n) is 8.40. The molecule has 0 spiro atoms. The average molecular weight is 215 g/mol. The second-order valence-electron chi connectivity index (χ2n) is 2.88. The van der Waals surface area contributed by atoms with E-state index in [1.165, 1.54) is 0 Å². The van der Waals surface area contributed by atoms with E-state index in [1.807, 2.05) is 0 Å². The lowest BCUT2D eigenvalue weighted by Gasteiger charge is -2.01. The summed E-state index contributed by atoms with van der Waals surface area (Å²) in [5, 5.41) is 0. The van der Waals surface area contributed by atoms with Gasteiger partial charge in [-0.3, -0.25) is 0 Å². The number of hydrogen-bond acceptors (Lipinski definition) is 1. The number of nitrogens with zero attached hydrogens (tertiary/aromatic N) is 6. The average Bonchev–Trinajstić information content (AvgIpc) is 2.85. The number of ether oxygens (including phenoxy) is 1. The highest BCUT2D eigenvalue weighted by Gasteiger charge is 2.35. The van der Waals surface area contributed by atoms with Crippen molar-refractivity contribution in [1.29, 1.82) is 0 Å². The summed E-state index contributed by atoms with van der Waals surface area (Å²) in [5.41, 5.74) is 23.6. The quantitative estimate of drug-likeness (QED) is 0.374. The first-order valence-corrected chi connectivity index (χ1v) is 4.40. The Morgan fingerprint density at radius 3 is 2.31 bits per heavy atom. The summed E-state index contributed by atoms with van der Waals surface area (Å²) in [6.07, 6.45) is 0.174. The van der Waals surface area contributed by atoms with E-state index >= 15 is 0 Å². The van der Waals surface area contributed by atoms with Gasteiger partial charge in [0.05, 0.1) is 12.7 Å². The molecule has 0 saturated carbocycles. The molecular formula is C9H7N6O. The van der Waals surface area contributed by atoms with Crippen LogP contribution in [0.5, 0.6) is 5.75 Å². The number of methoxy groups -OCH3 is 1. The van der Waals surface area contributed by atoms with Crippen molar-refractivity contribution in [3.63, 3.8) is 0 Å². The van der Waals surface area contributed by atoms with Gasteiger partial charge in [0, 0.05) is 0 Å². The highest BCUT2D eigenvalue weighted by molar-refractivity contribution is 6.05. The van der Waals surface area contributed by atoms with Gasteiger partial charge >= 0.3 is 5.71 Å². The van der Waals surface area contributed by atoms with E-state index in [0.29, 0.717) is 11.3 Å². The lowest BCUT2D eigenvalue weighted by molar-refractivity contribution is -0.00634. The van der Waals surface area contributed by atoms with Crippen molar-refractivity contribution in [3.8, 4) is 5.75 Å². The third-order valence-corrected chi connectivity index (χ3v) is 1.99. The third-order valence-electron chi connectivity index (χ3n) is 1.99. The first-order chi connectivity index (χ1) is 7.85. The number of benzene rings is 1. The molecule has 16 heavy (non-hydrogen) atoms. The van der Waals surface area contributed by atoms with Gasteiger partial charge in [0.25, 0.3) is 6.17 Å². The minimum absolute atomic E-state index is 0.174. The van der Waals surface area contributed by atoms with E-state index in [1.54, 1.807) is 31.4 Å². The monoisotopic (exact) mass is 215 g/mol. The molecule has 1 aromatic carbocycles. The molecule has 7 heteroatoms. The van der Waals surface area contributed by atoms with Crippen molar-refractivity contribution >= 4 is 5.71 Å². The van der Waals surface area contributed by atoms with Crippen molar-refractivity contribution < 1.29 is 9.53 Å². The normalized spacial score (nSPS) is 15.8. The van der Waals surface area contributed by atoms with Crippen LogP contribution >= 0.6 is 0 Å². The van der Waals surface area contributed by atoms with E-state index in [2.05, 4.69) is 26.7 Å². The second-order valence-corrected chi connectivity index (χ2v) is 2.88. The van der Waals surface area contributed by atoms with Gasteiger partial charge in [-0.2, -0.15) is 4.79 Å². The lowest BCUT2D eigenvalue weighted by atomic mass is 10.1. The van der Waals surface area contributed by atoms with Crippen LogP contribution in [0, 0.1) is 6.17 Å². The molecule has 0 aromatic heterocycles. The van der Waals surface area contributed by atoms with Crippen LogP contribution in [0.15, 0.2) is 24.3 Å². The summed E-state index contributed by atoms with van der Waals surface area (Å²) >= 11 is 0. The zero-order chi connectivity index (χ0) is 11.4. The molecule has 1 heterocycles. The molecule has 0 atom stereocenters. The number of hydrogen-bond donors (Lipinski definition) is 0. The summed E-state index contributed by atoms with van der Waals surface area (Å²) in [4.78, 5) is 3.13. The third kappa shape index (κ3) is 2.08. The summed E-state index contributed by atoms with van der Waals surface area (Å²) < 4.78 is 5.01. The van der Waals surface area contributed by atoms with E-state index in [9.17, 15) is 0 Å². The van der Waals surface area contributed by atoms with Crippen LogP contribution in [-0.2, 0) is 0 Å². The maximum Gasteiger partial charge on any atom is 0.344 e. The molecule has 2 rings (SSSR count). The van der Waals surface area contributed by atoms with E-state index in [4.69, 9.17) is 10.3 Å². The largest absolute Gasteiger partial charge is 0.497 e. The Kier molecular flexibility index (Phi) is 3.25. The molecular weight excluding hydrogens is 208 g/mol. The van der Waals surface area contributed by atoms with E-state index in [0.717, 1.165) is 0 Å². The highest BCUT2D eigenvalue weighted by Crippen LogP contribution is 2.14. The summed E-state index contributed by atoms with van der Waals surface area (Å²) in [6, 6.07) is 6.93. The van der Waals surface area contributed by atoms with Crippen molar-refractivity contribution in [2.24, 2.45) is 0 Å². The molecule has 79 valence electrons. The predicted molar refractivity (Wildman–Crippen MR) is 52.5 cm³/mol. The van der Waals surface area contributed by atoms with Crippen molar-refractivity contribution in [2.45, 2.75) is 0 Å². The Hall–Kier alpha value is -1.76. The van der Waals surface area contributed by atoms with Gasteiger partial charge in [0.15, 0.2) is 0 Å². The molecule has 1 saturated heterocycles. The minimum atomic E-state index is 0.174. The first-order valence-electron chi connectivity index (χ1n) is 4.40. The minimum Gasteiger partial charge on any atom is -0.497 e. The Morgan fingerprint density at radius 1 is 1.19 bits per heavy atom. The maximum atomic E-state index is 8.90. The molecule has 0 unspecified atom stereocenters. The molecule has 5 radical (unpaired) electrons. The Balaban J connectivity index is 2.23. The maximum absolute atomic E-state index is 8.90.